The number of carbonyl (C=O) groups excluding carboxylic acids is 3. The molecule has 0 aromatic carbocycles. The summed E-state index contributed by atoms with van der Waals surface area (Å²) < 4.78 is 83.3. The van der Waals surface area contributed by atoms with Gasteiger partial charge in [0.05, 0.1) is 6.04 Å². The van der Waals surface area contributed by atoms with Crippen LogP contribution in [0.5, 0.6) is 0 Å². The summed E-state index contributed by atoms with van der Waals surface area (Å²) in [6.45, 7) is -0.0925. The van der Waals surface area contributed by atoms with Crippen LogP contribution in [0.15, 0.2) is 0 Å². The molecular formula is C12H14F6N2O6. The van der Waals surface area contributed by atoms with Crippen LogP contribution in [-0.2, 0) is 23.9 Å². The molecule has 0 aromatic rings. The molecule has 1 aliphatic rings. The molecule has 1 saturated heterocycles. The lowest BCUT2D eigenvalue weighted by Crippen LogP contribution is -2.61. The summed E-state index contributed by atoms with van der Waals surface area (Å²) >= 11 is 0. The zero-order valence-corrected chi connectivity index (χ0v) is 13.0. The highest BCUT2D eigenvalue weighted by molar-refractivity contribution is 5.82. The molecule has 4 unspecified atom stereocenters. The fraction of sp³-hybridized carbons (Fsp3) is 0.750. The number of aliphatic hydroxyl groups is 1. The first-order valence-electron chi connectivity index (χ1n) is 6.95. The number of alkyl halides is 6. The molecule has 1 fully saturated rings. The molecule has 1 aliphatic heterocycles. The second-order valence-corrected chi connectivity index (χ2v) is 5.22. The first-order valence-corrected chi connectivity index (χ1v) is 6.95. The van der Waals surface area contributed by atoms with Gasteiger partial charge < -0.3 is 25.2 Å². The Bertz CT molecular complexity index is 551. The number of rotatable bonds is 4. The van der Waals surface area contributed by atoms with Crippen molar-refractivity contribution in [1.29, 1.82) is 0 Å². The minimum absolute atomic E-state index is 0.635. The first kappa shape index (κ1) is 22.0. The van der Waals surface area contributed by atoms with E-state index in [0.29, 0.717) is 0 Å². The molecule has 3 N–H and O–H groups in total. The van der Waals surface area contributed by atoms with Crippen molar-refractivity contribution in [2.45, 2.75) is 50.2 Å². The van der Waals surface area contributed by atoms with Crippen LogP contribution in [0.2, 0.25) is 0 Å². The van der Waals surface area contributed by atoms with Crippen LogP contribution in [0.1, 0.15) is 13.3 Å². The van der Waals surface area contributed by atoms with Crippen LogP contribution in [0, 0.1) is 0 Å². The van der Waals surface area contributed by atoms with Gasteiger partial charge in [0.2, 0.25) is 0 Å². The number of hydrogen-bond donors (Lipinski definition) is 3. The quantitative estimate of drug-likeness (QED) is 0.446. The van der Waals surface area contributed by atoms with E-state index in [1.54, 1.807) is 0 Å². The predicted octanol–water partition coefficient (Wildman–Crippen LogP) is -0.249. The van der Waals surface area contributed by atoms with Crippen LogP contribution in [0.25, 0.3) is 0 Å². The summed E-state index contributed by atoms with van der Waals surface area (Å²) in [5.74, 6) is -5.82. The third kappa shape index (κ3) is 6.33. The normalized spacial score (nSPS) is 26.8. The maximum Gasteiger partial charge on any atom is 0.471 e. The lowest BCUT2D eigenvalue weighted by Gasteiger charge is -2.39. The molecule has 150 valence electrons. The summed E-state index contributed by atoms with van der Waals surface area (Å²) in [6, 6.07) is -1.62. The van der Waals surface area contributed by atoms with E-state index in [-0.39, 0.29) is 0 Å². The van der Waals surface area contributed by atoms with Crippen molar-refractivity contribution in [3.05, 3.63) is 0 Å². The maximum absolute atomic E-state index is 12.4. The third-order valence-corrected chi connectivity index (χ3v) is 3.15. The number of halogens is 6. The Labute approximate surface area is 141 Å². The standard InChI is InChI=1S/C12H14F6N2O6/c1-4(21)25-8-5(20-10(24)12(16,17)18)2-7(22)26-6(8)3-19-9(23)11(13,14)15/h5-8,22H,2-3H2,1H3,(H,19,23)(H,20,24). The fourth-order valence-electron chi connectivity index (χ4n) is 2.14. The average molecular weight is 396 g/mol. The molecule has 0 aromatic heterocycles. The van der Waals surface area contributed by atoms with Crippen molar-refractivity contribution in [3.8, 4) is 0 Å². The van der Waals surface area contributed by atoms with E-state index in [9.17, 15) is 45.8 Å². The number of carbonyl (C=O) groups is 3. The van der Waals surface area contributed by atoms with Crippen molar-refractivity contribution in [2.24, 2.45) is 0 Å². The van der Waals surface area contributed by atoms with Crippen LogP contribution in [-0.4, -0.2) is 66.3 Å². The number of aliphatic hydroxyl groups excluding tert-OH is 1. The highest BCUT2D eigenvalue weighted by Crippen LogP contribution is 2.24. The van der Waals surface area contributed by atoms with Crippen molar-refractivity contribution in [3.63, 3.8) is 0 Å². The van der Waals surface area contributed by atoms with Crippen molar-refractivity contribution < 1.29 is 55.3 Å². The molecule has 26 heavy (non-hydrogen) atoms. The molecule has 0 aliphatic carbocycles. The Hall–Kier alpha value is -2.09. The third-order valence-electron chi connectivity index (χ3n) is 3.15. The summed E-state index contributed by atoms with van der Waals surface area (Å²) in [7, 11) is 0. The van der Waals surface area contributed by atoms with Gasteiger partial charge in [-0.25, -0.2) is 0 Å². The highest BCUT2D eigenvalue weighted by Gasteiger charge is 2.47. The van der Waals surface area contributed by atoms with Gasteiger partial charge in [-0.1, -0.05) is 0 Å². The molecule has 14 heteroatoms. The zero-order chi connectivity index (χ0) is 20.3. The maximum atomic E-state index is 12.4. The number of esters is 1. The van der Waals surface area contributed by atoms with E-state index in [1.165, 1.54) is 10.6 Å². The second kappa shape index (κ2) is 8.07. The Morgan fingerprint density at radius 2 is 1.65 bits per heavy atom. The van der Waals surface area contributed by atoms with E-state index in [0.717, 1.165) is 6.92 Å². The molecule has 8 nitrogen and oxygen atoms in total. The zero-order valence-electron chi connectivity index (χ0n) is 13.0. The first-order chi connectivity index (χ1) is 11.7. The summed E-state index contributed by atoms with van der Waals surface area (Å²) in [4.78, 5) is 33.0. The van der Waals surface area contributed by atoms with E-state index in [4.69, 9.17) is 9.47 Å². The molecule has 1 rings (SSSR count). The SMILES string of the molecule is CC(=O)OC1C(NC(=O)C(F)(F)F)CC(O)OC1CNC(=O)C(F)(F)F. The number of nitrogens with one attached hydrogen (secondary N) is 2. The van der Waals surface area contributed by atoms with E-state index >= 15 is 0 Å². The van der Waals surface area contributed by atoms with E-state index in [1.807, 2.05) is 0 Å². The van der Waals surface area contributed by atoms with Gasteiger partial charge in [0.25, 0.3) is 0 Å². The topological polar surface area (TPSA) is 114 Å². The Kier molecular flexibility index (Phi) is 6.82. The highest BCUT2D eigenvalue weighted by atomic mass is 19.4. The molecule has 1 heterocycles. The van der Waals surface area contributed by atoms with Crippen molar-refractivity contribution >= 4 is 17.8 Å². The van der Waals surface area contributed by atoms with Gasteiger partial charge >= 0.3 is 30.1 Å². The van der Waals surface area contributed by atoms with Crippen LogP contribution < -0.4 is 10.6 Å². The number of ether oxygens (including phenoxy) is 2. The van der Waals surface area contributed by atoms with Crippen molar-refractivity contribution in [2.75, 3.05) is 6.54 Å². The molecule has 0 radical (unpaired) electrons. The summed E-state index contributed by atoms with van der Waals surface area (Å²) in [5, 5.41) is 12.4. The molecule has 0 bridgehead atoms. The Morgan fingerprint density at radius 3 is 2.12 bits per heavy atom. The van der Waals surface area contributed by atoms with E-state index in [2.05, 4.69) is 0 Å². The molecule has 4 atom stereocenters. The van der Waals surface area contributed by atoms with Crippen LogP contribution in [0.4, 0.5) is 26.3 Å². The molecule has 0 saturated carbocycles. The largest absolute Gasteiger partial charge is 0.471 e. The fourth-order valence-corrected chi connectivity index (χ4v) is 2.14. The second-order valence-electron chi connectivity index (χ2n) is 5.22. The monoisotopic (exact) mass is 396 g/mol. The van der Waals surface area contributed by atoms with Gasteiger partial charge in [-0.2, -0.15) is 26.3 Å². The average Bonchev–Trinajstić information content (AvgIpc) is 2.45. The van der Waals surface area contributed by atoms with Gasteiger partial charge in [0.15, 0.2) is 6.29 Å². The van der Waals surface area contributed by atoms with Crippen molar-refractivity contribution in [1.82, 2.24) is 10.6 Å². The van der Waals surface area contributed by atoms with Gasteiger partial charge in [-0.3, -0.25) is 14.4 Å². The minimum Gasteiger partial charge on any atom is -0.458 e. The lowest BCUT2D eigenvalue weighted by molar-refractivity contribution is -0.221. The lowest BCUT2D eigenvalue weighted by atomic mass is 9.97. The predicted molar refractivity (Wildman–Crippen MR) is 68.1 cm³/mol. The Morgan fingerprint density at radius 1 is 1.12 bits per heavy atom. The van der Waals surface area contributed by atoms with Gasteiger partial charge in [0, 0.05) is 19.9 Å². The van der Waals surface area contributed by atoms with Crippen LogP contribution in [0.3, 0.4) is 0 Å². The molecule has 2 amide bonds. The number of amides is 2. The van der Waals surface area contributed by atoms with E-state index < -0.39 is 67.6 Å². The molecular weight excluding hydrogens is 382 g/mol. The minimum atomic E-state index is -5.29. The smallest absolute Gasteiger partial charge is 0.458 e. The molecule has 0 spiro atoms. The summed E-state index contributed by atoms with van der Waals surface area (Å²) in [5.41, 5.74) is 0. The van der Waals surface area contributed by atoms with Gasteiger partial charge in [-0.15, -0.1) is 0 Å². The van der Waals surface area contributed by atoms with Gasteiger partial charge in [-0.05, 0) is 0 Å². The van der Waals surface area contributed by atoms with Gasteiger partial charge in [0.1, 0.15) is 12.2 Å². The van der Waals surface area contributed by atoms with Crippen LogP contribution >= 0.6 is 0 Å². The summed E-state index contributed by atoms with van der Waals surface area (Å²) in [6.07, 6.45) is -16.3. The number of hydrogen-bond acceptors (Lipinski definition) is 6. The Balaban J connectivity index is 2.93.